The number of methoxy groups -OCH3 is 1. The Bertz CT molecular complexity index is 196. The molecule has 96 valence electrons. The van der Waals surface area contributed by atoms with Crippen LogP contribution in [0.3, 0.4) is 0 Å². The Labute approximate surface area is 95.1 Å². The van der Waals surface area contributed by atoms with Crippen molar-refractivity contribution in [3.63, 3.8) is 0 Å². The highest BCUT2D eigenvalue weighted by molar-refractivity contribution is 5.71. The lowest BCUT2D eigenvalue weighted by atomic mass is 10.3. The van der Waals surface area contributed by atoms with E-state index in [0.717, 1.165) is 0 Å². The molecule has 0 saturated heterocycles. The summed E-state index contributed by atoms with van der Waals surface area (Å²) in [5.41, 5.74) is 0. The fraction of sp³-hybridized carbons (Fsp3) is 0.900. The molecule has 2 unspecified atom stereocenters. The molecule has 16 heavy (non-hydrogen) atoms. The molecule has 0 aliphatic rings. The SMILES string of the molecule is COCC(C)OCC(O)CO[C@@H](C)C(=O)O. The van der Waals surface area contributed by atoms with E-state index in [9.17, 15) is 9.90 Å². The average Bonchev–Trinajstić information content (AvgIpc) is 2.23. The van der Waals surface area contributed by atoms with E-state index in [1.54, 1.807) is 7.11 Å². The molecule has 0 rings (SSSR count). The fourth-order valence-electron chi connectivity index (χ4n) is 0.933. The summed E-state index contributed by atoms with van der Waals surface area (Å²) in [6.07, 6.45) is -1.87. The minimum absolute atomic E-state index is 0.0623. The van der Waals surface area contributed by atoms with Gasteiger partial charge in [-0.3, -0.25) is 0 Å². The maximum atomic E-state index is 10.4. The number of ether oxygens (including phenoxy) is 3. The Morgan fingerprint density at radius 3 is 2.25 bits per heavy atom. The summed E-state index contributed by atoms with van der Waals surface area (Å²) in [6, 6.07) is 0. The van der Waals surface area contributed by atoms with E-state index in [-0.39, 0.29) is 19.3 Å². The maximum absolute atomic E-state index is 10.4. The van der Waals surface area contributed by atoms with Gasteiger partial charge in [0.05, 0.1) is 25.9 Å². The Morgan fingerprint density at radius 1 is 1.19 bits per heavy atom. The zero-order valence-corrected chi connectivity index (χ0v) is 9.88. The molecule has 0 fully saturated rings. The molecular weight excluding hydrogens is 216 g/mol. The summed E-state index contributed by atoms with van der Waals surface area (Å²) >= 11 is 0. The second kappa shape index (κ2) is 8.46. The monoisotopic (exact) mass is 236 g/mol. The van der Waals surface area contributed by atoms with Crippen LogP contribution in [0, 0.1) is 0 Å². The first-order valence-corrected chi connectivity index (χ1v) is 5.10. The highest BCUT2D eigenvalue weighted by Crippen LogP contribution is 1.97. The molecule has 0 spiro atoms. The molecule has 6 nitrogen and oxygen atoms in total. The van der Waals surface area contributed by atoms with Crippen molar-refractivity contribution in [3.05, 3.63) is 0 Å². The van der Waals surface area contributed by atoms with Crippen LogP contribution in [0.15, 0.2) is 0 Å². The van der Waals surface area contributed by atoms with Gasteiger partial charge in [-0.25, -0.2) is 4.79 Å². The van der Waals surface area contributed by atoms with Crippen molar-refractivity contribution in [3.8, 4) is 0 Å². The van der Waals surface area contributed by atoms with E-state index < -0.39 is 18.2 Å². The molecule has 0 radical (unpaired) electrons. The third-order valence-electron chi connectivity index (χ3n) is 1.86. The van der Waals surface area contributed by atoms with Gasteiger partial charge >= 0.3 is 5.97 Å². The van der Waals surface area contributed by atoms with Crippen LogP contribution in [0.4, 0.5) is 0 Å². The molecule has 0 heterocycles. The lowest BCUT2D eigenvalue weighted by molar-refractivity contribution is -0.152. The third-order valence-corrected chi connectivity index (χ3v) is 1.86. The second-order valence-corrected chi connectivity index (χ2v) is 3.57. The van der Waals surface area contributed by atoms with Crippen LogP contribution in [0.25, 0.3) is 0 Å². The van der Waals surface area contributed by atoms with Gasteiger partial charge in [0, 0.05) is 7.11 Å². The van der Waals surface area contributed by atoms with E-state index in [1.165, 1.54) is 6.92 Å². The van der Waals surface area contributed by atoms with Crippen LogP contribution in [0.5, 0.6) is 0 Å². The zero-order chi connectivity index (χ0) is 12.6. The highest BCUT2D eigenvalue weighted by Gasteiger charge is 2.14. The Hall–Kier alpha value is -0.690. The van der Waals surface area contributed by atoms with Gasteiger partial charge < -0.3 is 24.4 Å². The first-order valence-electron chi connectivity index (χ1n) is 5.10. The second-order valence-electron chi connectivity index (χ2n) is 3.57. The zero-order valence-electron chi connectivity index (χ0n) is 9.88. The van der Waals surface area contributed by atoms with Gasteiger partial charge in [-0.2, -0.15) is 0 Å². The number of hydrogen-bond acceptors (Lipinski definition) is 5. The summed E-state index contributed by atoms with van der Waals surface area (Å²) in [7, 11) is 1.56. The van der Waals surface area contributed by atoms with Crippen molar-refractivity contribution in [2.45, 2.75) is 32.2 Å². The molecule has 0 amide bonds. The Kier molecular flexibility index (Phi) is 8.10. The van der Waals surface area contributed by atoms with Crippen LogP contribution in [0.1, 0.15) is 13.8 Å². The minimum atomic E-state index is -1.05. The molecule has 0 aromatic rings. The van der Waals surface area contributed by atoms with Crippen molar-refractivity contribution >= 4 is 5.97 Å². The van der Waals surface area contributed by atoms with Crippen LogP contribution >= 0.6 is 0 Å². The summed E-state index contributed by atoms with van der Waals surface area (Å²) < 4.78 is 15.0. The first kappa shape index (κ1) is 15.3. The molecule has 0 saturated carbocycles. The molecule has 0 aliphatic heterocycles. The van der Waals surface area contributed by atoms with E-state index in [1.807, 2.05) is 6.92 Å². The molecule has 0 bridgehead atoms. The van der Waals surface area contributed by atoms with E-state index in [0.29, 0.717) is 6.61 Å². The number of carbonyl (C=O) groups is 1. The standard InChI is InChI=1S/C10H20O6/c1-7(4-14-3)15-5-9(11)6-16-8(2)10(12)13/h7-9,11H,4-6H2,1-3H3,(H,12,13)/t7?,8-,9?/m0/s1. The number of rotatable bonds is 9. The fourth-order valence-corrected chi connectivity index (χ4v) is 0.933. The third kappa shape index (κ3) is 7.58. The molecular formula is C10H20O6. The van der Waals surface area contributed by atoms with E-state index in [2.05, 4.69) is 0 Å². The average molecular weight is 236 g/mol. The summed E-state index contributed by atoms with van der Waals surface area (Å²) in [6.45, 7) is 3.70. The molecule has 0 aromatic carbocycles. The van der Waals surface area contributed by atoms with Crippen LogP contribution in [-0.2, 0) is 19.0 Å². The molecule has 6 heteroatoms. The van der Waals surface area contributed by atoms with Crippen LogP contribution in [-0.4, -0.2) is 61.4 Å². The highest BCUT2D eigenvalue weighted by atomic mass is 16.5. The van der Waals surface area contributed by atoms with Crippen molar-refractivity contribution in [2.75, 3.05) is 26.9 Å². The van der Waals surface area contributed by atoms with Crippen LogP contribution in [0.2, 0.25) is 0 Å². The van der Waals surface area contributed by atoms with Crippen molar-refractivity contribution in [1.29, 1.82) is 0 Å². The van der Waals surface area contributed by atoms with Gasteiger partial charge in [0.1, 0.15) is 6.10 Å². The first-order chi connectivity index (χ1) is 7.47. The lowest BCUT2D eigenvalue weighted by Gasteiger charge is -2.17. The van der Waals surface area contributed by atoms with Gasteiger partial charge in [0.2, 0.25) is 0 Å². The van der Waals surface area contributed by atoms with Crippen molar-refractivity contribution < 1.29 is 29.2 Å². The van der Waals surface area contributed by atoms with Crippen molar-refractivity contribution in [1.82, 2.24) is 0 Å². The van der Waals surface area contributed by atoms with Gasteiger partial charge in [-0.05, 0) is 13.8 Å². The topological polar surface area (TPSA) is 85.2 Å². The summed E-state index contributed by atoms with van der Waals surface area (Å²) in [5.74, 6) is -1.05. The van der Waals surface area contributed by atoms with Crippen LogP contribution < -0.4 is 0 Å². The smallest absolute Gasteiger partial charge is 0.332 e. The van der Waals surface area contributed by atoms with Gasteiger partial charge in [0.15, 0.2) is 6.10 Å². The van der Waals surface area contributed by atoms with Crippen molar-refractivity contribution in [2.24, 2.45) is 0 Å². The van der Waals surface area contributed by atoms with Gasteiger partial charge in [-0.1, -0.05) is 0 Å². The maximum Gasteiger partial charge on any atom is 0.332 e. The lowest BCUT2D eigenvalue weighted by Crippen LogP contribution is -2.30. The quantitative estimate of drug-likeness (QED) is 0.581. The van der Waals surface area contributed by atoms with E-state index in [4.69, 9.17) is 19.3 Å². The number of carboxylic acids is 1. The number of aliphatic hydroxyl groups is 1. The number of aliphatic carboxylic acids is 1. The predicted octanol–water partition coefficient (Wildman–Crippen LogP) is -0.111. The summed E-state index contributed by atoms with van der Waals surface area (Å²) in [5, 5.41) is 17.9. The molecule has 0 aliphatic carbocycles. The molecule has 3 atom stereocenters. The Morgan fingerprint density at radius 2 is 1.75 bits per heavy atom. The minimum Gasteiger partial charge on any atom is -0.479 e. The van der Waals surface area contributed by atoms with E-state index >= 15 is 0 Å². The number of carboxylic acid groups (broad SMARTS) is 1. The summed E-state index contributed by atoms with van der Waals surface area (Å²) in [4.78, 5) is 10.4. The number of hydrogen-bond donors (Lipinski definition) is 2. The van der Waals surface area contributed by atoms with Gasteiger partial charge in [0.25, 0.3) is 0 Å². The molecule has 0 aromatic heterocycles. The Balaban J connectivity index is 3.58. The largest absolute Gasteiger partial charge is 0.479 e. The number of aliphatic hydroxyl groups excluding tert-OH is 1. The predicted molar refractivity (Wildman–Crippen MR) is 56.3 cm³/mol. The van der Waals surface area contributed by atoms with Gasteiger partial charge in [-0.15, -0.1) is 0 Å². The molecule has 2 N–H and O–H groups in total. The normalized spacial score (nSPS) is 16.8.